The molecule has 0 saturated heterocycles. The summed E-state index contributed by atoms with van der Waals surface area (Å²) in [6.45, 7) is 0. The van der Waals surface area contributed by atoms with E-state index in [1.54, 1.807) is 0 Å². The van der Waals surface area contributed by atoms with Crippen molar-refractivity contribution in [1.82, 2.24) is 4.86 Å². The number of nitrogens with one attached hydrogen (secondary N) is 1. The van der Waals surface area contributed by atoms with Crippen molar-refractivity contribution in [1.29, 1.82) is 0 Å². The van der Waals surface area contributed by atoms with Crippen LogP contribution in [0.2, 0.25) is 0 Å². The van der Waals surface area contributed by atoms with Crippen LogP contribution in [-0.2, 0) is 0 Å². The molecule has 0 fully saturated rings. The topological polar surface area (TPSA) is 32.3 Å². The van der Waals surface area contributed by atoms with E-state index in [0.717, 1.165) is 0 Å². The molecule has 0 rings (SSSR count). The van der Waals surface area contributed by atoms with Gasteiger partial charge in [-0.1, -0.05) is 9.39 Å². The van der Waals surface area contributed by atoms with Gasteiger partial charge in [0.1, 0.15) is 0 Å². The van der Waals surface area contributed by atoms with Gasteiger partial charge in [0.15, 0.2) is 0 Å². The van der Waals surface area contributed by atoms with Gasteiger partial charge < -0.3 is 4.89 Å². The largest absolute Gasteiger partial charge is 0.361 e. The van der Waals surface area contributed by atoms with Crippen LogP contribution < -0.4 is 4.86 Å². The van der Waals surface area contributed by atoms with Crippen molar-refractivity contribution in [2.75, 3.05) is 0 Å². The highest BCUT2D eigenvalue weighted by Gasteiger charge is 1.51. The minimum Gasteiger partial charge on any atom is -0.361 e. The smallest absolute Gasteiger partial charge is 0.0857 e. The molecule has 4 heavy (non-hydrogen) atoms. The summed E-state index contributed by atoms with van der Waals surface area (Å²) in [6.07, 6.45) is 0. The molecule has 2 unspecified atom stereocenters. The third-order valence-electron chi connectivity index (χ3n) is 0.0645. The Kier molecular flexibility index (Phi) is 4.52. The molecular formula is H5NOP2. The molecule has 0 aliphatic carbocycles. The fourth-order valence-corrected chi connectivity index (χ4v) is 0. The molecule has 0 saturated carbocycles. The van der Waals surface area contributed by atoms with E-state index in [0.29, 0.717) is 0 Å². The predicted molar refractivity (Wildman–Crippen MR) is 23.4 cm³/mol. The van der Waals surface area contributed by atoms with Gasteiger partial charge in [-0.15, -0.1) is 0 Å². The zero-order chi connectivity index (χ0) is 3.41. The minimum absolute atomic E-state index is 0.147. The lowest BCUT2D eigenvalue weighted by atomic mass is 13.9. The molecule has 2 atom stereocenters. The van der Waals surface area contributed by atoms with Crippen LogP contribution in [0.5, 0.6) is 0 Å². The molecule has 0 amide bonds. The van der Waals surface area contributed by atoms with Crippen LogP contribution in [0, 0.1) is 0 Å². The van der Waals surface area contributed by atoms with E-state index in [1.165, 1.54) is 0 Å². The first-order chi connectivity index (χ1) is 1.91. The molecule has 0 heterocycles. The zero-order valence-electron chi connectivity index (χ0n) is 2.02. The molecule has 2 nitrogen and oxygen atoms in total. The first kappa shape index (κ1) is 4.78. The van der Waals surface area contributed by atoms with Gasteiger partial charge in [-0.3, -0.25) is 4.86 Å². The van der Waals surface area contributed by atoms with Gasteiger partial charge in [0.2, 0.25) is 0 Å². The molecule has 4 heteroatoms. The Morgan fingerprint density at radius 3 is 2.25 bits per heavy atom. The standard InChI is InChI=1S/H5NOP2/c2-4-1-3/h1-2,4H,3H2. The summed E-state index contributed by atoms with van der Waals surface area (Å²) < 4.78 is 0. The predicted octanol–water partition coefficient (Wildman–Crippen LogP) is -0.133. The SMILES string of the molecule is OPNP. The van der Waals surface area contributed by atoms with Crippen molar-refractivity contribution in [3.8, 4) is 0 Å². The molecule has 0 aromatic carbocycles. The normalized spacial score (nSPS) is 10.5. The number of rotatable bonds is 1. The molecule has 0 spiro atoms. The highest BCUT2D eigenvalue weighted by atomic mass is 31.1. The van der Waals surface area contributed by atoms with Crippen molar-refractivity contribution >= 4 is 18.3 Å². The molecular weight excluding hydrogens is 92.0 g/mol. The highest BCUT2D eigenvalue weighted by Crippen LogP contribution is 1.91. The summed E-state index contributed by atoms with van der Waals surface area (Å²) in [5.41, 5.74) is 0. The Hall–Kier alpha value is 0.780. The molecule has 0 bridgehead atoms. The van der Waals surface area contributed by atoms with Gasteiger partial charge in [0.05, 0.1) is 8.96 Å². The molecule has 2 N–H and O–H groups in total. The monoisotopic (exact) mass is 97.0 g/mol. The summed E-state index contributed by atoms with van der Waals surface area (Å²) in [4.78, 5) is 10.2. The van der Waals surface area contributed by atoms with Crippen LogP contribution >= 0.6 is 18.3 Å². The maximum absolute atomic E-state index is 7.77. The van der Waals surface area contributed by atoms with Crippen molar-refractivity contribution < 1.29 is 4.89 Å². The van der Waals surface area contributed by atoms with Crippen molar-refractivity contribution in [3.05, 3.63) is 0 Å². The van der Waals surface area contributed by atoms with E-state index in [2.05, 4.69) is 14.2 Å². The van der Waals surface area contributed by atoms with E-state index in [1.807, 2.05) is 0 Å². The third kappa shape index (κ3) is 2.78. The molecule has 0 aromatic rings. The Bertz CT molecular complexity index is 8.00. The summed E-state index contributed by atoms with van der Waals surface area (Å²) in [5, 5.41) is 0. The molecule has 0 aliphatic heterocycles. The van der Waals surface area contributed by atoms with Crippen LogP contribution in [0.15, 0.2) is 0 Å². The Morgan fingerprint density at radius 1 is 2.00 bits per heavy atom. The average Bonchev–Trinajstić information content (AvgIpc) is 1.37. The molecule has 0 aromatic heterocycles. The van der Waals surface area contributed by atoms with E-state index < -0.39 is 0 Å². The van der Waals surface area contributed by atoms with Crippen LogP contribution in [0.1, 0.15) is 0 Å². The van der Waals surface area contributed by atoms with E-state index >= 15 is 0 Å². The Labute approximate surface area is 29.2 Å². The molecule has 0 radical (unpaired) electrons. The van der Waals surface area contributed by atoms with Crippen molar-refractivity contribution in [3.63, 3.8) is 0 Å². The first-order valence-electron chi connectivity index (χ1n) is 0.762. The summed E-state index contributed by atoms with van der Waals surface area (Å²) >= 11 is 0. The highest BCUT2D eigenvalue weighted by molar-refractivity contribution is 7.39. The second-order valence-electron chi connectivity index (χ2n) is 0.256. The lowest BCUT2D eigenvalue weighted by Crippen LogP contribution is -1.66. The fourth-order valence-electron chi connectivity index (χ4n) is 0. The summed E-state index contributed by atoms with van der Waals surface area (Å²) in [6, 6.07) is 0. The second-order valence-corrected chi connectivity index (χ2v) is 1.63. The van der Waals surface area contributed by atoms with E-state index in [-0.39, 0.29) is 8.96 Å². The average molecular weight is 97.0 g/mol. The van der Waals surface area contributed by atoms with Crippen LogP contribution in [0.3, 0.4) is 0 Å². The Balaban J connectivity index is 1.97. The van der Waals surface area contributed by atoms with E-state index in [9.17, 15) is 0 Å². The maximum atomic E-state index is 7.77. The molecule has 0 aliphatic rings. The minimum atomic E-state index is -0.147. The lowest BCUT2D eigenvalue weighted by Gasteiger charge is -1.75. The van der Waals surface area contributed by atoms with Gasteiger partial charge in [-0.25, -0.2) is 0 Å². The fraction of sp³-hybridized carbons (Fsp3) is 0. The van der Waals surface area contributed by atoms with Gasteiger partial charge in [-0.2, -0.15) is 0 Å². The van der Waals surface area contributed by atoms with Crippen LogP contribution in [0.25, 0.3) is 0 Å². The van der Waals surface area contributed by atoms with Gasteiger partial charge >= 0.3 is 0 Å². The summed E-state index contributed by atoms with van der Waals surface area (Å²) in [7, 11) is 2.02. The van der Waals surface area contributed by atoms with Gasteiger partial charge in [-0.05, 0) is 0 Å². The lowest BCUT2D eigenvalue weighted by molar-refractivity contribution is 0.644. The second kappa shape index (κ2) is 3.78. The van der Waals surface area contributed by atoms with Crippen molar-refractivity contribution in [2.24, 2.45) is 0 Å². The maximum Gasteiger partial charge on any atom is 0.0857 e. The number of hydrogen-bond acceptors (Lipinski definition) is 2. The van der Waals surface area contributed by atoms with Crippen molar-refractivity contribution in [2.45, 2.75) is 0 Å². The quantitative estimate of drug-likeness (QED) is 0.446. The van der Waals surface area contributed by atoms with Crippen LogP contribution in [-0.4, -0.2) is 4.89 Å². The van der Waals surface area contributed by atoms with Gasteiger partial charge in [0, 0.05) is 0 Å². The first-order valence-corrected chi connectivity index (χ1v) is 2.29. The Morgan fingerprint density at radius 2 is 2.25 bits per heavy atom. The van der Waals surface area contributed by atoms with E-state index in [4.69, 9.17) is 4.89 Å². The number of hydrogen-bond donors (Lipinski definition) is 2. The van der Waals surface area contributed by atoms with Crippen LogP contribution in [0.4, 0.5) is 0 Å². The zero-order valence-corrected chi connectivity index (χ0v) is 4.18. The van der Waals surface area contributed by atoms with Gasteiger partial charge in [0.25, 0.3) is 0 Å². The summed E-state index contributed by atoms with van der Waals surface area (Å²) in [5.74, 6) is 0. The molecule has 26 valence electrons. The third-order valence-corrected chi connectivity index (χ3v) is 0.581.